The van der Waals surface area contributed by atoms with E-state index in [0.29, 0.717) is 11.3 Å². The van der Waals surface area contributed by atoms with E-state index >= 15 is 0 Å². The van der Waals surface area contributed by atoms with Gasteiger partial charge >= 0.3 is 0 Å². The molecule has 2 aromatic rings. The third-order valence-electron chi connectivity index (χ3n) is 2.21. The summed E-state index contributed by atoms with van der Waals surface area (Å²) in [4.78, 5) is 0. The van der Waals surface area contributed by atoms with Gasteiger partial charge in [-0.05, 0) is 30.3 Å². The van der Waals surface area contributed by atoms with E-state index < -0.39 is 10.0 Å². The molecule has 18 heavy (non-hydrogen) atoms. The topological polar surface area (TPSA) is 125 Å². The summed E-state index contributed by atoms with van der Waals surface area (Å²) in [5, 5.41) is 13.2. The number of rotatable bonds is 4. The maximum absolute atomic E-state index is 11.8. The first-order valence-corrected chi connectivity index (χ1v) is 6.44. The third-order valence-corrected chi connectivity index (χ3v) is 3.52. The van der Waals surface area contributed by atoms with Crippen LogP contribution in [0.5, 0.6) is 0 Å². The van der Waals surface area contributed by atoms with E-state index in [-0.39, 0.29) is 10.9 Å². The average molecular weight is 265 g/mol. The zero-order chi connectivity index (χ0) is 13.2. The number of anilines is 1. The van der Waals surface area contributed by atoms with Crippen LogP contribution >= 0.6 is 0 Å². The molecule has 0 spiro atoms. The molecule has 0 aliphatic heterocycles. The standard InChI is InChI=1S/C10H11N5O2S/c11-10(12)7-1-3-8(4-2-7)15-18(16,17)9-5-6-13-14-9/h1-6,15H,(H3,11,12)(H,13,14). The third kappa shape index (κ3) is 2.48. The highest BCUT2D eigenvalue weighted by Crippen LogP contribution is 2.14. The number of benzene rings is 1. The van der Waals surface area contributed by atoms with Gasteiger partial charge in [0.05, 0.1) is 6.20 Å². The van der Waals surface area contributed by atoms with Gasteiger partial charge in [-0.1, -0.05) is 0 Å². The van der Waals surface area contributed by atoms with Crippen molar-refractivity contribution in [2.24, 2.45) is 5.73 Å². The van der Waals surface area contributed by atoms with E-state index in [1.54, 1.807) is 12.1 Å². The lowest BCUT2D eigenvalue weighted by Gasteiger charge is -2.06. The fourth-order valence-electron chi connectivity index (χ4n) is 1.32. The Labute approximate surface area is 104 Å². The fraction of sp³-hybridized carbons (Fsp3) is 0. The van der Waals surface area contributed by atoms with Gasteiger partial charge in [-0.15, -0.1) is 0 Å². The molecular formula is C10H11N5O2S. The van der Waals surface area contributed by atoms with E-state index in [9.17, 15) is 8.42 Å². The molecule has 0 aliphatic rings. The van der Waals surface area contributed by atoms with Crippen molar-refractivity contribution in [3.63, 3.8) is 0 Å². The molecule has 1 aromatic heterocycles. The molecule has 0 aliphatic carbocycles. The molecule has 0 unspecified atom stereocenters. The Hall–Kier alpha value is -2.35. The Morgan fingerprint density at radius 1 is 1.28 bits per heavy atom. The van der Waals surface area contributed by atoms with Gasteiger partial charge in [0.15, 0.2) is 5.03 Å². The molecule has 94 valence electrons. The quantitative estimate of drug-likeness (QED) is 0.474. The molecule has 1 heterocycles. The monoisotopic (exact) mass is 265 g/mol. The van der Waals surface area contributed by atoms with E-state index in [1.807, 2.05) is 0 Å². The minimum atomic E-state index is -3.66. The summed E-state index contributed by atoms with van der Waals surface area (Å²) in [6.07, 6.45) is 1.35. The number of amidine groups is 1. The number of aromatic nitrogens is 2. The van der Waals surface area contributed by atoms with Gasteiger partial charge in [0.1, 0.15) is 5.84 Å². The molecule has 7 nitrogen and oxygen atoms in total. The molecular weight excluding hydrogens is 254 g/mol. The number of aromatic amines is 1. The van der Waals surface area contributed by atoms with Crippen LogP contribution in [0.3, 0.4) is 0 Å². The molecule has 0 radical (unpaired) electrons. The molecule has 2 rings (SSSR count). The maximum Gasteiger partial charge on any atom is 0.278 e. The Balaban J connectivity index is 2.22. The first kappa shape index (κ1) is 12.1. The van der Waals surface area contributed by atoms with E-state index in [4.69, 9.17) is 11.1 Å². The van der Waals surface area contributed by atoms with Gasteiger partial charge in [0, 0.05) is 11.3 Å². The first-order chi connectivity index (χ1) is 8.49. The van der Waals surface area contributed by atoms with Crippen LogP contribution in [0.25, 0.3) is 0 Å². The summed E-state index contributed by atoms with van der Waals surface area (Å²) in [5.41, 5.74) is 6.21. The zero-order valence-corrected chi connectivity index (χ0v) is 10.0. The molecule has 0 amide bonds. The Kier molecular flexibility index (Phi) is 3.02. The summed E-state index contributed by atoms with van der Waals surface area (Å²) < 4.78 is 26.0. The van der Waals surface area contributed by atoms with Crippen LogP contribution in [0.4, 0.5) is 5.69 Å². The van der Waals surface area contributed by atoms with Crippen molar-refractivity contribution >= 4 is 21.5 Å². The van der Waals surface area contributed by atoms with Crippen molar-refractivity contribution in [1.29, 1.82) is 5.41 Å². The van der Waals surface area contributed by atoms with Crippen molar-refractivity contribution in [3.8, 4) is 0 Å². The van der Waals surface area contributed by atoms with Gasteiger partial charge in [0.25, 0.3) is 10.0 Å². The van der Waals surface area contributed by atoms with Crippen LogP contribution in [0.15, 0.2) is 41.6 Å². The Morgan fingerprint density at radius 3 is 2.44 bits per heavy atom. The van der Waals surface area contributed by atoms with Crippen molar-refractivity contribution < 1.29 is 8.42 Å². The maximum atomic E-state index is 11.8. The zero-order valence-electron chi connectivity index (χ0n) is 9.21. The number of hydrogen-bond acceptors (Lipinski definition) is 4. The molecule has 0 saturated carbocycles. The van der Waals surface area contributed by atoms with E-state index in [2.05, 4.69) is 14.9 Å². The van der Waals surface area contributed by atoms with Crippen LogP contribution in [0.2, 0.25) is 0 Å². The summed E-state index contributed by atoms with van der Waals surface area (Å²) in [6.45, 7) is 0. The number of nitrogen functional groups attached to an aromatic ring is 1. The fourth-order valence-corrected chi connectivity index (χ4v) is 2.29. The predicted octanol–water partition coefficient (Wildman–Crippen LogP) is 0.495. The van der Waals surface area contributed by atoms with Gasteiger partial charge in [0.2, 0.25) is 0 Å². The number of nitrogens with one attached hydrogen (secondary N) is 3. The second-order valence-electron chi connectivity index (χ2n) is 3.52. The minimum Gasteiger partial charge on any atom is -0.384 e. The summed E-state index contributed by atoms with van der Waals surface area (Å²) in [5.74, 6) is -0.0713. The van der Waals surface area contributed by atoms with Crippen LogP contribution in [0, 0.1) is 5.41 Å². The summed E-state index contributed by atoms with van der Waals surface area (Å²) in [7, 11) is -3.66. The molecule has 1 aromatic carbocycles. The predicted molar refractivity (Wildman–Crippen MR) is 66.9 cm³/mol. The second-order valence-corrected chi connectivity index (χ2v) is 5.17. The number of hydrogen-bond donors (Lipinski definition) is 4. The molecule has 0 atom stereocenters. The lowest BCUT2D eigenvalue weighted by atomic mass is 10.2. The lowest BCUT2D eigenvalue weighted by molar-refractivity contribution is 0.597. The van der Waals surface area contributed by atoms with Crippen LogP contribution < -0.4 is 10.5 Å². The van der Waals surface area contributed by atoms with Crippen molar-refractivity contribution in [2.45, 2.75) is 5.03 Å². The number of nitrogens with zero attached hydrogens (tertiary/aromatic N) is 1. The van der Waals surface area contributed by atoms with Crippen LogP contribution in [-0.4, -0.2) is 24.5 Å². The highest BCUT2D eigenvalue weighted by Gasteiger charge is 2.15. The second kappa shape index (κ2) is 4.49. The van der Waals surface area contributed by atoms with Crippen LogP contribution in [0.1, 0.15) is 5.56 Å². The number of H-pyrrole nitrogens is 1. The average Bonchev–Trinajstić information content (AvgIpc) is 2.83. The summed E-state index contributed by atoms with van der Waals surface area (Å²) in [6, 6.07) is 7.54. The van der Waals surface area contributed by atoms with Gasteiger partial charge < -0.3 is 5.73 Å². The molecule has 8 heteroatoms. The summed E-state index contributed by atoms with van der Waals surface area (Å²) >= 11 is 0. The number of sulfonamides is 1. The highest BCUT2D eigenvalue weighted by atomic mass is 32.2. The van der Waals surface area contributed by atoms with Crippen LogP contribution in [-0.2, 0) is 10.0 Å². The van der Waals surface area contributed by atoms with E-state index in [0.717, 1.165) is 0 Å². The highest BCUT2D eigenvalue weighted by molar-refractivity contribution is 7.92. The molecule has 0 bridgehead atoms. The minimum absolute atomic E-state index is 0.0156. The molecule has 5 N–H and O–H groups in total. The van der Waals surface area contributed by atoms with Crippen molar-refractivity contribution in [1.82, 2.24) is 10.2 Å². The van der Waals surface area contributed by atoms with Crippen molar-refractivity contribution in [3.05, 3.63) is 42.1 Å². The smallest absolute Gasteiger partial charge is 0.278 e. The first-order valence-electron chi connectivity index (χ1n) is 4.96. The lowest BCUT2D eigenvalue weighted by Crippen LogP contribution is -2.14. The van der Waals surface area contributed by atoms with Gasteiger partial charge in [-0.3, -0.25) is 15.2 Å². The van der Waals surface area contributed by atoms with E-state index in [1.165, 1.54) is 24.4 Å². The van der Waals surface area contributed by atoms with Crippen molar-refractivity contribution in [2.75, 3.05) is 4.72 Å². The largest absolute Gasteiger partial charge is 0.384 e. The Bertz CT molecular complexity index is 646. The van der Waals surface area contributed by atoms with Gasteiger partial charge in [-0.25, -0.2) is 0 Å². The molecule has 0 saturated heterocycles. The Morgan fingerprint density at radius 2 is 1.94 bits per heavy atom. The SMILES string of the molecule is N=C(N)c1ccc(NS(=O)(=O)c2ccn[nH]2)cc1. The number of nitrogens with two attached hydrogens (primary N) is 1. The normalized spacial score (nSPS) is 11.1. The molecule has 0 fully saturated rings. The van der Waals surface area contributed by atoms with Gasteiger partial charge in [-0.2, -0.15) is 13.5 Å².